The molecule has 0 spiro atoms. The van der Waals surface area contributed by atoms with Gasteiger partial charge in [-0.25, -0.2) is 19.2 Å². The van der Waals surface area contributed by atoms with Crippen molar-refractivity contribution in [3.63, 3.8) is 0 Å². The number of anilines is 1. The molecule has 9 rings (SSSR count). The number of imidazole rings is 2. The summed E-state index contributed by atoms with van der Waals surface area (Å²) in [4.78, 5) is 62.4. The molecule has 7 atom stereocenters. The molecule has 3 aromatic carbocycles. The summed E-state index contributed by atoms with van der Waals surface area (Å²) in [6, 6.07) is 16.7. The number of methoxy groups -OCH3 is 3. The Balaban J connectivity index is 1.01. The van der Waals surface area contributed by atoms with E-state index < -0.39 is 18.2 Å². The van der Waals surface area contributed by atoms with Crippen molar-refractivity contribution in [2.45, 2.75) is 120 Å². The molecule has 0 radical (unpaired) electrons. The number of aromatic nitrogens is 4. The Morgan fingerprint density at radius 2 is 1.32 bits per heavy atom. The molecule has 4 aliphatic rings. The lowest BCUT2D eigenvalue weighted by Gasteiger charge is -2.33. The largest absolute Gasteiger partial charge is 0.453 e. The van der Waals surface area contributed by atoms with E-state index in [0.29, 0.717) is 43.4 Å². The monoisotopic (exact) mass is 848 g/mol. The number of carbonyl (C=O) groups is 3. The van der Waals surface area contributed by atoms with Crippen LogP contribution in [0.1, 0.15) is 130 Å². The molecule has 3 saturated heterocycles. The first kappa shape index (κ1) is 41.8. The number of benzene rings is 3. The van der Waals surface area contributed by atoms with E-state index in [1.54, 1.807) is 25.0 Å². The highest BCUT2D eigenvalue weighted by Crippen LogP contribution is 2.50. The molecular formula is C47H57FN8O6. The minimum Gasteiger partial charge on any atom is -0.453 e. The number of H-pyrrole nitrogens is 2. The number of aromatic amines is 2. The van der Waals surface area contributed by atoms with Gasteiger partial charge in [0.25, 0.3) is 0 Å². The average molecular weight is 849 g/mol. The van der Waals surface area contributed by atoms with Gasteiger partial charge in [-0.1, -0.05) is 18.2 Å². The maximum Gasteiger partial charge on any atom is 0.407 e. The van der Waals surface area contributed by atoms with Crippen LogP contribution >= 0.6 is 0 Å². The smallest absolute Gasteiger partial charge is 0.407 e. The van der Waals surface area contributed by atoms with Crippen LogP contribution in [0.3, 0.4) is 0 Å². The standard InChI is InChI=1S/C47H57FN8O6/c1-26(60-3)22-42(57)54-20-6-8-40(54)44-49-33-15-12-30(24-35(33)51-44)37-18-19-38(56(37)39-17-14-29(23-32(39)48)28-10-11-28)31-13-16-34-36(25-31)52-45(50-34)41-9-7-21-55(41)46(58)43(27(2)61-4)53-47(59)62-5/h12-17,23-28,37-38,40-41,43H,6-11,18-22H2,1-5H3,(H,49,51)(H,50,52)(H,53,59)/t26-,27-,37+,38+,40+,41+,43+/m1/s1. The average Bonchev–Trinajstić information content (AvgIpc) is 3.82. The van der Waals surface area contributed by atoms with Gasteiger partial charge in [0.2, 0.25) is 11.8 Å². The summed E-state index contributed by atoms with van der Waals surface area (Å²) in [6.07, 6.45) is 5.93. The number of amides is 3. The van der Waals surface area contributed by atoms with Crippen LogP contribution in [0.15, 0.2) is 54.6 Å². The Morgan fingerprint density at radius 1 is 0.742 bits per heavy atom. The predicted molar refractivity (Wildman–Crippen MR) is 232 cm³/mol. The van der Waals surface area contributed by atoms with Gasteiger partial charge < -0.3 is 44.2 Å². The number of hydrogen-bond donors (Lipinski definition) is 3. The Bertz CT molecular complexity index is 2470. The lowest BCUT2D eigenvalue weighted by atomic mass is 10.0. The van der Waals surface area contributed by atoms with Gasteiger partial charge in [-0.2, -0.15) is 0 Å². The van der Waals surface area contributed by atoms with Gasteiger partial charge in [0, 0.05) is 27.3 Å². The van der Waals surface area contributed by atoms with Crippen molar-refractivity contribution in [3.8, 4) is 0 Å². The molecule has 0 bridgehead atoms. The molecular weight excluding hydrogens is 792 g/mol. The van der Waals surface area contributed by atoms with E-state index in [2.05, 4.69) is 50.5 Å². The highest BCUT2D eigenvalue weighted by Gasteiger charge is 2.41. The molecule has 3 aliphatic heterocycles. The van der Waals surface area contributed by atoms with Crippen molar-refractivity contribution < 1.29 is 33.0 Å². The summed E-state index contributed by atoms with van der Waals surface area (Å²) in [5.41, 5.74) is 7.06. The lowest BCUT2D eigenvalue weighted by Crippen LogP contribution is -2.54. The summed E-state index contributed by atoms with van der Waals surface area (Å²) in [5, 5.41) is 2.65. The molecule has 1 aliphatic carbocycles. The van der Waals surface area contributed by atoms with E-state index in [9.17, 15) is 14.4 Å². The zero-order valence-corrected chi connectivity index (χ0v) is 36.2. The molecule has 5 heterocycles. The van der Waals surface area contributed by atoms with Gasteiger partial charge in [0.1, 0.15) is 23.5 Å². The van der Waals surface area contributed by atoms with Crippen LogP contribution in [0.2, 0.25) is 0 Å². The predicted octanol–water partition coefficient (Wildman–Crippen LogP) is 8.05. The van der Waals surface area contributed by atoms with Crippen LogP contribution in [0.4, 0.5) is 14.9 Å². The molecule has 4 fully saturated rings. The number of carbonyl (C=O) groups excluding carboxylic acids is 3. The number of alkyl carbamates (subject to hydrolysis) is 1. The van der Waals surface area contributed by atoms with Gasteiger partial charge in [-0.3, -0.25) is 9.59 Å². The van der Waals surface area contributed by atoms with E-state index in [0.717, 1.165) is 89.5 Å². The zero-order chi connectivity index (χ0) is 43.2. The molecule has 2 aromatic heterocycles. The van der Waals surface area contributed by atoms with E-state index in [1.807, 2.05) is 30.0 Å². The number of ether oxygens (including phenoxy) is 3. The fraction of sp³-hybridized carbons (Fsp3) is 0.511. The molecule has 1 saturated carbocycles. The third-order valence-electron chi connectivity index (χ3n) is 13.7. The van der Waals surface area contributed by atoms with Gasteiger partial charge in [0.05, 0.1) is 77.7 Å². The van der Waals surface area contributed by atoms with E-state index in [-0.39, 0.29) is 47.9 Å². The Hall–Kier alpha value is -5.54. The van der Waals surface area contributed by atoms with Crippen LogP contribution < -0.4 is 10.2 Å². The van der Waals surface area contributed by atoms with Crippen molar-refractivity contribution in [3.05, 3.63) is 88.8 Å². The first-order chi connectivity index (χ1) is 30.0. The van der Waals surface area contributed by atoms with Crippen LogP contribution in [-0.4, -0.2) is 100 Å². The fourth-order valence-corrected chi connectivity index (χ4v) is 10.0. The fourth-order valence-electron chi connectivity index (χ4n) is 10.0. The van der Waals surface area contributed by atoms with Crippen molar-refractivity contribution in [2.75, 3.05) is 39.3 Å². The second-order valence-electron chi connectivity index (χ2n) is 17.5. The summed E-state index contributed by atoms with van der Waals surface area (Å²) in [6.45, 7) is 4.86. The van der Waals surface area contributed by atoms with Crippen molar-refractivity contribution in [2.24, 2.45) is 0 Å². The van der Waals surface area contributed by atoms with Crippen LogP contribution in [0, 0.1) is 5.82 Å². The Kier molecular flexibility index (Phi) is 11.7. The quantitative estimate of drug-likeness (QED) is 0.107. The molecule has 62 heavy (non-hydrogen) atoms. The second kappa shape index (κ2) is 17.3. The third kappa shape index (κ3) is 8.00. The van der Waals surface area contributed by atoms with Gasteiger partial charge in [-0.15, -0.1) is 0 Å². The van der Waals surface area contributed by atoms with Crippen LogP contribution in [0.5, 0.6) is 0 Å². The lowest BCUT2D eigenvalue weighted by molar-refractivity contribution is -0.137. The molecule has 3 N–H and O–H groups in total. The maximum absolute atomic E-state index is 16.5. The zero-order valence-electron chi connectivity index (χ0n) is 36.2. The topological polar surface area (TPSA) is 158 Å². The summed E-state index contributed by atoms with van der Waals surface area (Å²) < 4.78 is 32.1. The first-order valence-electron chi connectivity index (χ1n) is 22.1. The van der Waals surface area contributed by atoms with Gasteiger partial charge >= 0.3 is 6.09 Å². The normalized spacial score (nSPS) is 23.0. The number of nitrogens with zero attached hydrogens (tertiary/aromatic N) is 5. The number of likely N-dealkylation sites (tertiary alicyclic amines) is 2. The highest BCUT2D eigenvalue weighted by atomic mass is 19.1. The van der Waals surface area contributed by atoms with E-state index in [4.69, 9.17) is 24.2 Å². The summed E-state index contributed by atoms with van der Waals surface area (Å²) >= 11 is 0. The molecule has 5 aromatic rings. The number of halogens is 1. The van der Waals surface area contributed by atoms with E-state index >= 15 is 4.39 Å². The van der Waals surface area contributed by atoms with Crippen LogP contribution in [-0.2, 0) is 23.8 Å². The molecule has 3 amide bonds. The molecule has 14 nitrogen and oxygen atoms in total. The van der Waals surface area contributed by atoms with Crippen molar-refractivity contribution in [1.82, 2.24) is 35.1 Å². The summed E-state index contributed by atoms with van der Waals surface area (Å²) in [5.74, 6) is 1.48. The van der Waals surface area contributed by atoms with Gasteiger partial charge in [-0.05, 0) is 124 Å². The second-order valence-corrected chi connectivity index (χ2v) is 17.5. The summed E-state index contributed by atoms with van der Waals surface area (Å²) in [7, 11) is 4.39. The van der Waals surface area contributed by atoms with Crippen molar-refractivity contribution >= 4 is 45.7 Å². The van der Waals surface area contributed by atoms with E-state index in [1.165, 1.54) is 14.2 Å². The molecule has 15 heteroatoms. The SMILES string of the molecule is COC(=O)N[C@H](C(=O)N1CCC[C@H]1c1nc2ccc([C@@H]3CC[C@@H](c4ccc5nc([C@@H]6CCCN6C(=O)C[C@@H](C)OC)[nH]c5c4)N3c3ccc(C4CC4)cc3F)cc2[nH]1)[C@@H](C)OC. The maximum atomic E-state index is 16.5. The third-order valence-corrected chi connectivity index (χ3v) is 13.7. The highest BCUT2D eigenvalue weighted by molar-refractivity contribution is 5.87. The molecule has 328 valence electrons. The Labute approximate surface area is 360 Å². The number of nitrogens with one attached hydrogen (secondary N) is 3. The minimum atomic E-state index is -0.927. The number of hydrogen-bond acceptors (Lipinski definition) is 9. The van der Waals surface area contributed by atoms with Gasteiger partial charge in [0.15, 0.2) is 0 Å². The number of rotatable bonds is 13. The van der Waals surface area contributed by atoms with Crippen LogP contribution in [0.25, 0.3) is 22.1 Å². The number of fused-ring (bicyclic) bond motifs is 2. The van der Waals surface area contributed by atoms with Crippen molar-refractivity contribution in [1.29, 1.82) is 0 Å². The first-order valence-corrected chi connectivity index (χ1v) is 22.1. The minimum absolute atomic E-state index is 0.0706. The molecule has 0 unspecified atom stereocenters. The Morgan fingerprint density at radius 3 is 1.87 bits per heavy atom.